The molecule has 0 fully saturated rings. The average Bonchev–Trinajstić information content (AvgIpc) is 3.11. The summed E-state index contributed by atoms with van der Waals surface area (Å²) in [6, 6.07) is 0. The van der Waals surface area contributed by atoms with E-state index in [1.807, 2.05) is 0 Å². The van der Waals surface area contributed by atoms with E-state index in [0.717, 1.165) is 83.8 Å². The first kappa shape index (κ1) is 48.9. The number of aliphatic hydroxyl groups is 1. The van der Waals surface area contributed by atoms with Gasteiger partial charge in [0, 0.05) is 13.0 Å². The number of aliphatic hydroxyl groups excluding tert-OH is 1. The zero-order valence-corrected chi connectivity index (χ0v) is 34.0. The Morgan fingerprint density at radius 1 is 0.460 bits per heavy atom. The molecule has 0 spiro atoms. The number of rotatable bonds is 41. The van der Waals surface area contributed by atoms with Gasteiger partial charge in [-0.2, -0.15) is 0 Å². The molecule has 0 aliphatic carbocycles. The summed E-state index contributed by atoms with van der Waals surface area (Å²) in [5.41, 5.74) is 0. The van der Waals surface area contributed by atoms with Crippen molar-refractivity contribution in [1.82, 2.24) is 4.90 Å². The first-order chi connectivity index (χ1) is 24.6. The fourth-order valence-corrected chi connectivity index (χ4v) is 6.91. The molecule has 0 unspecified atom stereocenters. The van der Waals surface area contributed by atoms with Gasteiger partial charge in [-0.25, -0.2) is 0 Å². The number of hydrogen-bond acceptors (Lipinski definition) is 6. The largest absolute Gasteiger partial charge is 0.466 e. The smallest absolute Gasteiger partial charge is 0.308 e. The van der Waals surface area contributed by atoms with Crippen molar-refractivity contribution in [2.45, 2.75) is 226 Å². The topological polar surface area (TPSA) is 76.1 Å². The zero-order chi connectivity index (χ0) is 36.6. The molecule has 0 aromatic heterocycles. The van der Waals surface area contributed by atoms with Crippen LogP contribution in [0.3, 0.4) is 0 Å². The molecular weight excluding hydrogens is 622 g/mol. The maximum absolute atomic E-state index is 13.0. The van der Waals surface area contributed by atoms with Crippen LogP contribution in [0.25, 0.3) is 0 Å². The highest BCUT2D eigenvalue weighted by Gasteiger charge is 2.19. The minimum atomic E-state index is -0.0207. The van der Waals surface area contributed by atoms with Crippen LogP contribution in [0.1, 0.15) is 226 Å². The summed E-state index contributed by atoms with van der Waals surface area (Å²) >= 11 is 0. The number of hydrogen-bond donors (Lipinski definition) is 1. The van der Waals surface area contributed by atoms with Crippen LogP contribution in [0.15, 0.2) is 0 Å². The normalized spacial score (nSPS) is 11.6. The van der Waals surface area contributed by atoms with Gasteiger partial charge in [0.2, 0.25) is 0 Å². The molecule has 6 heteroatoms. The van der Waals surface area contributed by atoms with Crippen molar-refractivity contribution in [3.8, 4) is 0 Å². The van der Waals surface area contributed by atoms with Gasteiger partial charge in [0.05, 0.1) is 25.7 Å². The highest BCUT2D eigenvalue weighted by molar-refractivity contribution is 5.72. The van der Waals surface area contributed by atoms with Crippen LogP contribution in [0, 0.1) is 5.92 Å². The van der Waals surface area contributed by atoms with Crippen LogP contribution in [0.2, 0.25) is 0 Å². The van der Waals surface area contributed by atoms with E-state index in [4.69, 9.17) is 9.47 Å². The second kappa shape index (κ2) is 40.6. The van der Waals surface area contributed by atoms with Gasteiger partial charge in [0.1, 0.15) is 0 Å². The van der Waals surface area contributed by atoms with E-state index in [1.165, 1.54) is 135 Å². The van der Waals surface area contributed by atoms with E-state index in [1.54, 1.807) is 0 Å². The molecule has 0 aliphatic rings. The predicted octanol–water partition coefficient (Wildman–Crippen LogP) is 12.5. The predicted molar refractivity (Wildman–Crippen MR) is 214 cm³/mol. The summed E-state index contributed by atoms with van der Waals surface area (Å²) in [6.45, 7) is 11.0. The van der Waals surface area contributed by atoms with Crippen molar-refractivity contribution in [1.29, 1.82) is 0 Å². The van der Waals surface area contributed by atoms with Gasteiger partial charge in [-0.05, 0) is 58.0 Å². The first-order valence-corrected chi connectivity index (χ1v) is 22.2. The number of ether oxygens (including phenoxy) is 2. The second-order valence-corrected chi connectivity index (χ2v) is 15.2. The van der Waals surface area contributed by atoms with Crippen LogP contribution in [-0.4, -0.2) is 61.4 Å². The lowest BCUT2D eigenvalue weighted by atomic mass is 9.94. The molecule has 298 valence electrons. The van der Waals surface area contributed by atoms with Crippen molar-refractivity contribution in [3.63, 3.8) is 0 Å². The summed E-state index contributed by atoms with van der Waals surface area (Å²) in [4.78, 5) is 27.2. The third-order valence-electron chi connectivity index (χ3n) is 10.3. The maximum Gasteiger partial charge on any atom is 0.308 e. The molecular formula is C44H87NO5. The molecule has 0 aromatic rings. The van der Waals surface area contributed by atoms with Gasteiger partial charge in [-0.1, -0.05) is 175 Å². The molecule has 0 aromatic carbocycles. The summed E-state index contributed by atoms with van der Waals surface area (Å²) in [6.07, 6.45) is 37.6. The van der Waals surface area contributed by atoms with Gasteiger partial charge < -0.3 is 19.5 Å². The van der Waals surface area contributed by atoms with Gasteiger partial charge in [-0.3, -0.25) is 9.59 Å². The van der Waals surface area contributed by atoms with E-state index in [9.17, 15) is 14.7 Å². The summed E-state index contributed by atoms with van der Waals surface area (Å²) < 4.78 is 11.2. The molecule has 0 heterocycles. The van der Waals surface area contributed by atoms with Crippen LogP contribution in [0.5, 0.6) is 0 Å². The number of nitrogens with zero attached hydrogens (tertiary/aromatic N) is 1. The molecule has 0 aliphatic heterocycles. The lowest BCUT2D eigenvalue weighted by Crippen LogP contribution is -2.29. The fourth-order valence-electron chi connectivity index (χ4n) is 6.91. The number of carbonyl (C=O) groups excluding carboxylic acids is 2. The second-order valence-electron chi connectivity index (χ2n) is 15.2. The fraction of sp³-hybridized carbons (Fsp3) is 0.955. The minimum absolute atomic E-state index is 0.0207. The van der Waals surface area contributed by atoms with Crippen LogP contribution < -0.4 is 0 Å². The van der Waals surface area contributed by atoms with Crippen molar-refractivity contribution in [2.75, 3.05) is 39.5 Å². The van der Waals surface area contributed by atoms with Crippen LogP contribution >= 0.6 is 0 Å². The van der Waals surface area contributed by atoms with Crippen LogP contribution in [-0.2, 0) is 19.1 Å². The maximum atomic E-state index is 13.0. The lowest BCUT2D eigenvalue weighted by Gasteiger charge is -2.21. The van der Waals surface area contributed by atoms with E-state index >= 15 is 0 Å². The molecule has 0 saturated carbocycles. The van der Waals surface area contributed by atoms with Crippen molar-refractivity contribution < 1.29 is 24.2 Å². The lowest BCUT2D eigenvalue weighted by molar-refractivity contribution is -0.149. The Bertz CT molecular complexity index is 686. The molecule has 0 amide bonds. The van der Waals surface area contributed by atoms with E-state index in [2.05, 4.69) is 25.7 Å². The Labute approximate surface area is 312 Å². The molecule has 0 bridgehead atoms. The molecule has 50 heavy (non-hydrogen) atoms. The van der Waals surface area contributed by atoms with Gasteiger partial charge in [-0.15, -0.1) is 0 Å². The zero-order valence-electron chi connectivity index (χ0n) is 34.0. The Balaban J connectivity index is 3.91. The molecule has 0 rings (SSSR count). The number of carbonyl (C=O) groups is 2. The van der Waals surface area contributed by atoms with Gasteiger partial charge >= 0.3 is 11.9 Å². The highest BCUT2D eigenvalue weighted by Crippen LogP contribution is 2.21. The molecule has 0 radical (unpaired) electrons. The monoisotopic (exact) mass is 710 g/mol. The average molecular weight is 710 g/mol. The first-order valence-electron chi connectivity index (χ1n) is 22.2. The summed E-state index contributed by atoms with van der Waals surface area (Å²) in [7, 11) is 0. The van der Waals surface area contributed by atoms with E-state index in [-0.39, 0.29) is 24.5 Å². The third kappa shape index (κ3) is 35.3. The Morgan fingerprint density at radius 3 is 1.30 bits per heavy atom. The Hall–Kier alpha value is -1.14. The summed E-state index contributed by atoms with van der Waals surface area (Å²) in [5, 5.41) is 9.54. The minimum Gasteiger partial charge on any atom is -0.466 e. The van der Waals surface area contributed by atoms with Gasteiger partial charge in [0.15, 0.2) is 0 Å². The SMILES string of the molecule is CCCCCCCCC(CCCCCCCC)C(=O)OCCCCCCCN(CCO)CCCCCCCCCOC(=O)CCCCCCC. The number of unbranched alkanes of at least 4 members (excludes halogenated alkanes) is 24. The molecule has 1 N–H and O–H groups in total. The highest BCUT2D eigenvalue weighted by atomic mass is 16.5. The standard InChI is InChI=1S/C44H87NO5/c1-4-7-10-13-20-26-33-42(34-27-21-14-11-8-5-2)44(48)50-41-32-25-18-23-30-37-45(38-39-46)36-29-22-16-15-17-24-31-40-49-43(47)35-28-19-12-9-6-3/h42,46H,4-41H2,1-3H3. The van der Waals surface area contributed by atoms with Crippen molar-refractivity contribution in [3.05, 3.63) is 0 Å². The van der Waals surface area contributed by atoms with E-state index in [0.29, 0.717) is 19.6 Å². The van der Waals surface area contributed by atoms with Crippen molar-refractivity contribution in [2.24, 2.45) is 5.92 Å². The van der Waals surface area contributed by atoms with Crippen LogP contribution in [0.4, 0.5) is 0 Å². The third-order valence-corrected chi connectivity index (χ3v) is 10.3. The van der Waals surface area contributed by atoms with E-state index < -0.39 is 0 Å². The van der Waals surface area contributed by atoms with Crippen molar-refractivity contribution >= 4 is 11.9 Å². The molecule has 6 nitrogen and oxygen atoms in total. The Kier molecular flexibility index (Phi) is 39.7. The molecule has 0 saturated heterocycles. The summed E-state index contributed by atoms with van der Waals surface area (Å²) in [5.74, 6) is 0.142. The molecule has 0 atom stereocenters. The number of esters is 2. The Morgan fingerprint density at radius 2 is 0.840 bits per heavy atom. The quantitative estimate of drug-likeness (QED) is 0.0503. The van der Waals surface area contributed by atoms with Gasteiger partial charge in [0.25, 0.3) is 0 Å².